The summed E-state index contributed by atoms with van der Waals surface area (Å²) in [5.74, 6) is 1.22. The van der Waals surface area contributed by atoms with Crippen molar-refractivity contribution in [1.82, 2.24) is 14.5 Å². The second-order valence-corrected chi connectivity index (χ2v) is 7.07. The summed E-state index contributed by atoms with van der Waals surface area (Å²) < 4.78 is 40.2. The zero-order valence-corrected chi connectivity index (χ0v) is 15.3. The molecular formula is C16H23N3O4S. The normalized spacial score (nSPS) is 12.9. The van der Waals surface area contributed by atoms with E-state index in [-0.39, 0.29) is 4.90 Å². The van der Waals surface area contributed by atoms with Gasteiger partial charge in [-0.15, -0.1) is 0 Å². The van der Waals surface area contributed by atoms with Gasteiger partial charge in [0.1, 0.15) is 16.4 Å². The number of hydrogen-bond donors (Lipinski definition) is 1. The minimum absolute atomic E-state index is 0.179. The third-order valence-corrected chi connectivity index (χ3v) is 5.39. The van der Waals surface area contributed by atoms with Crippen LogP contribution in [-0.2, 0) is 16.6 Å². The lowest BCUT2D eigenvalue weighted by molar-refractivity contribution is 0.395. The molecule has 8 heteroatoms. The van der Waals surface area contributed by atoms with Crippen LogP contribution in [0.1, 0.15) is 31.1 Å². The third-order valence-electron chi connectivity index (χ3n) is 3.75. The van der Waals surface area contributed by atoms with Gasteiger partial charge in [0.15, 0.2) is 0 Å². The Morgan fingerprint density at radius 3 is 2.54 bits per heavy atom. The molecule has 1 atom stereocenters. The van der Waals surface area contributed by atoms with Gasteiger partial charge in [0.25, 0.3) is 0 Å². The van der Waals surface area contributed by atoms with Gasteiger partial charge in [-0.1, -0.05) is 0 Å². The molecule has 1 aromatic heterocycles. The van der Waals surface area contributed by atoms with Crippen molar-refractivity contribution >= 4 is 10.0 Å². The molecule has 0 fully saturated rings. The van der Waals surface area contributed by atoms with Crippen LogP contribution in [0.25, 0.3) is 0 Å². The molecule has 0 bridgehead atoms. The summed E-state index contributed by atoms with van der Waals surface area (Å²) in [6, 6.07) is 4.77. The Labute approximate surface area is 142 Å². The van der Waals surface area contributed by atoms with Gasteiger partial charge in [0.05, 0.1) is 19.9 Å². The van der Waals surface area contributed by atoms with Crippen LogP contribution in [0.15, 0.2) is 29.3 Å². The number of ether oxygens (including phenoxy) is 2. The highest BCUT2D eigenvalue weighted by molar-refractivity contribution is 7.89. The summed E-state index contributed by atoms with van der Waals surface area (Å²) >= 11 is 0. The molecule has 1 aromatic carbocycles. The second-order valence-electron chi connectivity index (χ2n) is 5.39. The van der Waals surface area contributed by atoms with Gasteiger partial charge in [0, 0.05) is 24.3 Å². The Morgan fingerprint density at radius 1 is 1.29 bits per heavy atom. The first-order valence-electron chi connectivity index (χ1n) is 7.60. The first kappa shape index (κ1) is 18.3. The zero-order valence-electron chi connectivity index (χ0n) is 14.5. The van der Waals surface area contributed by atoms with E-state index in [1.165, 1.54) is 6.20 Å². The van der Waals surface area contributed by atoms with Crippen molar-refractivity contribution < 1.29 is 17.9 Å². The average Bonchev–Trinajstić information content (AvgIpc) is 2.95. The van der Waals surface area contributed by atoms with Gasteiger partial charge >= 0.3 is 0 Å². The minimum atomic E-state index is -3.70. The maximum atomic E-state index is 12.7. The maximum Gasteiger partial charge on any atom is 0.244 e. The van der Waals surface area contributed by atoms with Crippen molar-refractivity contribution in [2.75, 3.05) is 14.2 Å². The smallest absolute Gasteiger partial charge is 0.244 e. The standard InChI is InChI=1S/C16H23N3O4S/c1-6-19-10-16(12(3)17-19)24(20,21)18-11(2)14-9-13(22-4)7-8-15(14)23-5/h7-11,18H,6H2,1-5H3. The van der Waals surface area contributed by atoms with Crippen LogP contribution < -0.4 is 14.2 Å². The van der Waals surface area contributed by atoms with E-state index in [9.17, 15) is 8.42 Å². The van der Waals surface area contributed by atoms with Crippen LogP contribution in [0.2, 0.25) is 0 Å². The number of methoxy groups -OCH3 is 2. The van der Waals surface area contributed by atoms with Crippen molar-refractivity contribution in [1.29, 1.82) is 0 Å². The van der Waals surface area contributed by atoms with E-state index in [0.717, 1.165) is 0 Å². The highest BCUT2D eigenvalue weighted by Gasteiger charge is 2.24. The number of nitrogens with zero attached hydrogens (tertiary/aromatic N) is 2. The second kappa shape index (κ2) is 7.23. The molecule has 1 N–H and O–H groups in total. The Morgan fingerprint density at radius 2 is 2.00 bits per heavy atom. The summed E-state index contributed by atoms with van der Waals surface area (Å²) in [5, 5.41) is 4.19. The Kier molecular flexibility index (Phi) is 5.51. The van der Waals surface area contributed by atoms with Crippen molar-refractivity contribution in [3.63, 3.8) is 0 Å². The lowest BCUT2D eigenvalue weighted by Gasteiger charge is -2.18. The van der Waals surface area contributed by atoms with Crippen molar-refractivity contribution in [2.45, 2.75) is 38.3 Å². The molecule has 0 saturated carbocycles. The largest absolute Gasteiger partial charge is 0.497 e. The van der Waals surface area contributed by atoms with Crippen LogP contribution in [0.5, 0.6) is 11.5 Å². The molecular weight excluding hydrogens is 330 g/mol. The Hall–Kier alpha value is -2.06. The van der Waals surface area contributed by atoms with E-state index in [0.29, 0.717) is 29.3 Å². The van der Waals surface area contributed by atoms with Crippen molar-refractivity contribution in [3.05, 3.63) is 35.7 Å². The number of aryl methyl sites for hydroxylation is 2. The van der Waals surface area contributed by atoms with E-state index in [4.69, 9.17) is 9.47 Å². The number of nitrogens with one attached hydrogen (secondary N) is 1. The van der Waals surface area contributed by atoms with Gasteiger partial charge in [-0.3, -0.25) is 4.68 Å². The van der Waals surface area contributed by atoms with Crippen LogP contribution in [0.3, 0.4) is 0 Å². The summed E-state index contributed by atoms with van der Waals surface area (Å²) in [4.78, 5) is 0.179. The maximum absolute atomic E-state index is 12.7. The molecule has 0 aliphatic rings. The quantitative estimate of drug-likeness (QED) is 0.826. The fourth-order valence-electron chi connectivity index (χ4n) is 2.46. The molecule has 2 rings (SSSR count). The summed E-state index contributed by atoms with van der Waals surface area (Å²) in [5.41, 5.74) is 1.16. The number of aromatic nitrogens is 2. The highest BCUT2D eigenvalue weighted by Crippen LogP contribution is 2.30. The number of hydrogen-bond acceptors (Lipinski definition) is 5. The first-order chi connectivity index (χ1) is 11.3. The molecule has 2 aromatic rings. The van der Waals surface area contributed by atoms with Gasteiger partial charge in [-0.2, -0.15) is 5.10 Å². The lowest BCUT2D eigenvalue weighted by atomic mass is 10.1. The van der Waals surface area contributed by atoms with E-state index < -0.39 is 16.1 Å². The molecule has 0 amide bonds. The van der Waals surface area contributed by atoms with Crippen molar-refractivity contribution in [3.8, 4) is 11.5 Å². The first-order valence-corrected chi connectivity index (χ1v) is 9.09. The number of benzene rings is 1. The molecule has 24 heavy (non-hydrogen) atoms. The van der Waals surface area contributed by atoms with Gasteiger partial charge in [-0.25, -0.2) is 13.1 Å². The number of sulfonamides is 1. The minimum Gasteiger partial charge on any atom is -0.497 e. The molecule has 132 valence electrons. The Balaban J connectivity index is 2.34. The average molecular weight is 353 g/mol. The lowest BCUT2D eigenvalue weighted by Crippen LogP contribution is -2.27. The third kappa shape index (κ3) is 3.70. The molecule has 1 unspecified atom stereocenters. The summed E-state index contributed by atoms with van der Waals surface area (Å²) in [6.45, 7) is 5.95. The monoisotopic (exact) mass is 353 g/mol. The SMILES string of the molecule is CCn1cc(S(=O)(=O)NC(C)c2cc(OC)ccc2OC)c(C)n1. The fraction of sp³-hybridized carbons (Fsp3) is 0.438. The molecule has 7 nitrogen and oxygen atoms in total. The van der Waals surface area contributed by atoms with E-state index in [1.54, 1.807) is 50.9 Å². The predicted octanol–water partition coefficient (Wildman–Crippen LogP) is 2.27. The summed E-state index contributed by atoms with van der Waals surface area (Å²) in [6.07, 6.45) is 1.53. The van der Waals surface area contributed by atoms with Gasteiger partial charge in [-0.05, 0) is 39.0 Å². The zero-order chi connectivity index (χ0) is 17.9. The van der Waals surface area contributed by atoms with Crippen molar-refractivity contribution in [2.24, 2.45) is 0 Å². The molecule has 0 radical (unpaired) electrons. The van der Waals surface area contributed by atoms with Gasteiger partial charge < -0.3 is 9.47 Å². The topological polar surface area (TPSA) is 82.5 Å². The molecule has 0 spiro atoms. The highest BCUT2D eigenvalue weighted by atomic mass is 32.2. The van der Waals surface area contributed by atoms with Gasteiger partial charge in [0.2, 0.25) is 10.0 Å². The molecule has 1 heterocycles. The molecule has 0 saturated heterocycles. The number of rotatable bonds is 7. The predicted molar refractivity (Wildman–Crippen MR) is 90.9 cm³/mol. The van der Waals surface area contributed by atoms with E-state index in [2.05, 4.69) is 9.82 Å². The summed E-state index contributed by atoms with van der Waals surface area (Å²) in [7, 11) is -0.600. The van der Waals surface area contributed by atoms with Crippen LogP contribution in [0, 0.1) is 6.92 Å². The molecule has 0 aliphatic heterocycles. The van der Waals surface area contributed by atoms with E-state index in [1.807, 2.05) is 6.92 Å². The van der Waals surface area contributed by atoms with E-state index >= 15 is 0 Å². The van der Waals surface area contributed by atoms with Crippen LogP contribution in [-0.4, -0.2) is 32.4 Å². The fourth-order valence-corrected chi connectivity index (χ4v) is 3.87. The van der Waals surface area contributed by atoms with Crippen LogP contribution in [0.4, 0.5) is 0 Å². The Bertz CT molecular complexity index is 815. The molecule has 0 aliphatic carbocycles. The van der Waals surface area contributed by atoms with Crippen LogP contribution >= 0.6 is 0 Å².